The number of amides is 2. The molecule has 0 spiro atoms. The van der Waals surface area contributed by atoms with Crippen LogP contribution in [0.4, 0.5) is 0 Å². The summed E-state index contributed by atoms with van der Waals surface area (Å²) >= 11 is 0. The molecule has 14 heavy (non-hydrogen) atoms. The van der Waals surface area contributed by atoms with Crippen LogP contribution in [0.15, 0.2) is 0 Å². The van der Waals surface area contributed by atoms with Crippen molar-refractivity contribution in [3.8, 4) is 0 Å². The normalized spacial score (nSPS) is 20.9. The van der Waals surface area contributed by atoms with Gasteiger partial charge in [-0.1, -0.05) is 20.8 Å². The summed E-state index contributed by atoms with van der Waals surface area (Å²) in [6, 6.07) is 0. The van der Waals surface area contributed by atoms with Gasteiger partial charge in [0.15, 0.2) is 0 Å². The van der Waals surface area contributed by atoms with Crippen LogP contribution in [0.25, 0.3) is 0 Å². The maximum Gasteiger partial charge on any atom is 0.232 e. The molecule has 0 aromatic carbocycles. The second kappa shape index (κ2) is 6.50. The van der Waals surface area contributed by atoms with Crippen molar-refractivity contribution in [3.63, 3.8) is 0 Å². The topological polar surface area (TPSA) is 72.6 Å². The molecule has 82 valence electrons. The largest absolute Gasteiger partial charge is 0.303 e. The minimum absolute atomic E-state index is 0.128. The molecule has 1 rings (SSSR count). The van der Waals surface area contributed by atoms with Crippen LogP contribution in [0.2, 0.25) is 0 Å². The summed E-state index contributed by atoms with van der Waals surface area (Å²) in [5.74, 6) is 4.34. The number of rotatable bonds is 3. The van der Waals surface area contributed by atoms with Gasteiger partial charge < -0.3 is 4.84 Å². The van der Waals surface area contributed by atoms with Crippen LogP contribution in [-0.4, -0.2) is 29.9 Å². The molecule has 1 heterocycles. The number of imide groups is 1. The number of carbonyl (C=O) groups is 2. The van der Waals surface area contributed by atoms with Crippen LogP contribution < -0.4 is 5.90 Å². The monoisotopic (exact) mass is 202 g/mol. The van der Waals surface area contributed by atoms with Crippen LogP contribution in [0.5, 0.6) is 0 Å². The molecular formula is C9H18N2O3. The molecule has 5 nitrogen and oxygen atoms in total. The zero-order valence-corrected chi connectivity index (χ0v) is 8.95. The Labute approximate surface area is 84.1 Å². The highest BCUT2D eigenvalue weighted by Crippen LogP contribution is 2.17. The first-order chi connectivity index (χ1) is 6.66. The van der Waals surface area contributed by atoms with Crippen molar-refractivity contribution >= 4 is 11.8 Å². The molecule has 5 heteroatoms. The highest BCUT2D eigenvalue weighted by Gasteiger charge is 2.34. The molecule has 0 aliphatic carbocycles. The third-order valence-corrected chi connectivity index (χ3v) is 1.90. The summed E-state index contributed by atoms with van der Waals surface area (Å²) in [5, 5.41) is 0. The minimum atomic E-state index is -0.185. The number of hydrogen-bond acceptors (Lipinski definition) is 4. The van der Waals surface area contributed by atoms with Gasteiger partial charge in [-0.15, -0.1) is 0 Å². The maximum atomic E-state index is 11.2. The smallest absolute Gasteiger partial charge is 0.232 e. The zero-order chi connectivity index (χ0) is 11.1. The van der Waals surface area contributed by atoms with Crippen LogP contribution in [0.1, 0.15) is 27.2 Å². The Hall–Kier alpha value is -0.940. The average molecular weight is 202 g/mol. The molecule has 2 N–H and O–H groups in total. The molecule has 0 aromatic heterocycles. The highest BCUT2D eigenvalue weighted by molar-refractivity contribution is 6.03. The number of nitrogens with zero attached hydrogens (tertiary/aromatic N) is 1. The van der Waals surface area contributed by atoms with Gasteiger partial charge in [-0.25, -0.2) is 5.90 Å². The van der Waals surface area contributed by atoms with Crippen LogP contribution in [-0.2, 0) is 14.4 Å². The second-order valence-corrected chi connectivity index (χ2v) is 2.86. The lowest BCUT2D eigenvalue weighted by Crippen LogP contribution is -2.33. The molecule has 1 aliphatic rings. The quantitative estimate of drug-likeness (QED) is 0.527. The van der Waals surface area contributed by atoms with Crippen LogP contribution >= 0.6 is 0 Å². The Morgan fingerprint density at radius 2 is 2.07 bits per heavy atom. The molecular weight excluding hydrogens is 184 g/mol. The first-order valence-corrected chi connectivity index (χ1v) is 4.82. The van der Waals surface area contributed by atoms with Gasteiger partial charge in [0.1, 0.15) is 0 Å². The highest BCUT2D eigenvalue weighted by atomic mass is 16.6. The first kappa shape index (κ1) is 13.1. The predicted molar refractivity (Wildman–Crippen MR) is 52.0 cm³/mol. The lowest BCUT2D eigenvalue weighted by molar-refractivity contribution is -0.140. The maximum absolute atomic E-state index is 11.2. The molecule has 0 bridgehead atoms. The van der Waals surface area contributed by atoms with Crippen molar-refractivity contribution < 1.29 is 14.4 Å². The van der Waals surface area contributed by atoms with Gasteiger partial charge in [-0.2, -0.15) is 0 Å². The van der Waals surface area contributed by atoms with E-state index >= 15 is 0 Å². The molecule has 2 amide bonds. The Morgan fingerprint density at radius 3 is 2.43 bits per heavy atom. The van der Waals surface area contributed by atoms with E-state index in [1.54, 1.807) is 6.92 Å². The van der Waals surface area contributed by atoms with E-state index in [1.165, 1.54) is 4.90 Å². The van der Waals surface area contributed by atoms with E-state index in [9.17, 15) is 9.59 Å². The molecule has 0 radical (unpaired) electrons. The van der Waals surface area contributed by atoms with Crippen molar-refractivity contribution in [1.82, 2.24) is 4.90 Å². The van der Waals surface area contributed by atoms with E-state index in [4.69, 9.17) is 5.90 Å². The average Bonchev–Trinajstić information content (AvgIpc) is 2.43. The molecule has 1 saturated heterocycles. The van der Waals surface area contributed by atoms with Crippen molar-refractivity contribution in [2.45, 2.75) is 27.2 Å². The summed E-state index contributed by atoms with van der Waals surface area (Å²) in [6.45, 7) is 6.20. The molecule has 1 aliphatic heterocycles. The molecule has 1 fully saturated rings. The Bertz CT molecular complexity index is 206. The number of carbonyl (C=O) groups excluding carboxylic acids is 2. The van der Waals surface area contributed by atoms with Crippen molar-refractivity contribution in [1.29, 1.82) is 0 Å². The fourth-order valence-electron chi connectivity index (χ4n) is 1.23. The lowest BCUT2D eigenvalue weighted by Gasteiger charge is -2.12. The van der Waals surface area contributed by atoms with Crippen LogP contribution in [0.3, 0.4) is 0 Å². The predicted octanol–water partition coefficient (Wildman–Crippen LogP) is 0.298. The standard InChI is InChI=1S/C7H12N2O3.C2H6/c1-5-4-6(10)9(7(5)11)2-3-12-8;1-2/h5H,2-4,8H2,1H3;1-2H3. The van der Waals surface area contributed by atoms with Crippen molar-refractivity contribution in [2.24, 2.45) is 11.8 Å². The number of hydrogen-bond donors (Lipinski definition) is 1. The summed E-state index contributed by atoms with van der Waals surface area (Å²) in [7, 11) is 0. The fraction of sp³-hybridized carbons (Fsp3) is 0.778. The van der Waals surface area contributed by atoms with E-state index in [0.29, 0.717) is 6.42 Å². The minimum Gasteiger partial charge on any atom is -0.303 e. The first-order valence-electron chi connectivity index (χ1n) is 4.82. The van der Waals surface area contributed by atoms with Gasteiger partial charge in [0.2, 0.25) is 11.8 Å². The number of nitrogens with two attached hydrogens (primary N) is 1. The fourth-order valence-corrected chi connectivity index (χ4v) is 1.23. The third kappa shape index (κ3) is 3.08. The van der Waals surface area contributed by atoms with E-state index in [2.05, 4.69) is 4.84 Å². The van der Waals surface area contributed by atoms with Gasteiger partial charge in [-0.3, -0.25) is 14.5 Å². The molecule has 1 atom stereocenters. The Balaban J connectivity index is 0.000000791. The zero-order valence-electron chi connectivity index (χ0n) is 8.95. The summed E-state index contributed by atoms with van der Waals surface area (Å²) in [5.41, 5.74) is 0. The van der Waals surface area contributed by atoms with Gasteiger partial charge >= 0.3 is 0 Å². The molecule has 0 aromatic rings. The molecule has 1 unspecified atom stereocenters. The van der Waals surface area contributed by atoms with Crippen molar-refractivity contribution in [3.05, 3.63) is 0 Å². The third-order valence-electron chi connectivity index (χ3n) is 1.90. The van der Waals surface area contributed by atoms with E-state index in [1.807, 2.05) is 13.8 Å². The Morgan fingerprint density at radius 1 is 1.50 bits per heavy atom. The second-order valence-electron chi connectivity index (χ2n) is 2.86. The van der Waals surface area contributed by atoms with Crippen molar-refractivity contribution in [2.75, 3.05) is 13.2 Å². The van der Waals surface area contributed by atoms with E-state index in [-0.39, 0.29) is 30.9 Å². The summed E-state index contributed by atoms with van der Waals surface area (Å²) in [4.78, 5) is 27.8. The SMILES string of the molecule is CC.CC1CC(=O)N(CCON)C1=O. The lowest BCUT2D eigenvalue weighted by atomic mass is 10.1. The van der Waals surface area contributed by atoms with Gasteiger partial charge in [0.05, 0.1) is 13.2 Å². The van der Waals surface area contributed by atoms with Crippen LogP contribution in [0, 0.1) is 5.92 Å². The summed E-state index contributed by atoms with van der Waals surface area (Å²) < 4.78 is 0. The van der Waals surface area contributed by atoms with Gasteiger partial charge in [0.25, 0.3) is 0 Å². The Kier molecular flexibility index (Phi) is 6.07. The van der Waals surface area contributed by atoms with Gasteiger partial charge in [0, 0.05) is 12.3 Å². The molecule has 0 saturated carbocycles. The van der Waals surface area contributed by atoms with Gasteiger partial charge in [-0.05, 0) is 0 Å². The number of likely N-dealkylation sites (tertiary alicyclic amines) is 1. The van der Waals surface area contributed by atoms with E-state index < -0.39 is 0 Å². The van der Waals surface area contributed by atoms with E-state index in [0.717, 1.165) is 0 Å². The summed E-state index contributed by atoms with van der Waals surface area (Å²) in [6.07, 6.45) is 0.309.